The molecule has 8 heteroatoms. The van der Waals surface area contributed by atoms with Gasteiger partial charge in [-0.15, -0.1) is 0 Å². The maximum atomic E-state index is 11.6. The number of carbonyl (C=O) groups excluding carboxylic acids is 1. The highest BCUT2D eigenvalue weighted by molar-refractivity contribution is 6.34. The second-order valence-electron chi connectivity index (χ2n) is 7.49. The third-order valence-electron chi connectivity index (χ3n) is 5.49. The molecule has 0 fully saturated rings. The minimum Gasteiger partial charge on any atom is -0.478 e. The summed E-state index contributed by atoms with van der Waals surface area (Å²) in [5.74, 6) is -1.63. The van der Waals surface area contributed by atoms with Crippen LogP contribution in [0.3, 0.4) is 0 Å². The Morgan fingerprint density at radius 2 is 1.70 bits per heavy atom. The number of aromatic nitrogens is 3. The smallest absolute Gasteiger partial charge is 0.335 e. The lowest BCUT2D eigenvalue weighted by atomic mass is 10.1. The molecule has 33 heavy (non-hydrogen) atoms. The molecule has 0 saturated heterocycles. The van der Waals surface area contributed by atoms with E-state index in [1.165, 1.54) is 0 Å². The number of primary amides is 1. The van der Waals surface area contributed by atoms with Gasteiger partial charge in [0.2, 0.25) is 5.91 Å². The third kappa shape index (κ3) is 3.64. The van der Waals surface area contributed by atoms with Crippen LogP contribution in [-0.2, 0) is 0 Å². The van der Waals surface area contributed by atoms with E-state index in [0.29, 0.717) is 11.2 Å². The van der Waals surface area contributed by atoms with Gasteiger partial charge >= 0.3 is 5.97 Å². The van der Waals surface area contributed by atoms with Gasteiger partial charge in [-0.05, 0) is 54.1 Å². The Bertz CT molecular complexity index is 1520. The van der Waals surface area contributed by atoms with Crippen molar-refractivity contribution in [1.82, 2.24) is 14.1 Å². The van der Waals surface area contributed by atoms with Crippen LogP contribution >= 0.6 is 11.6 Å². The number of amides is 1. The maximum absolute atomic E-state index is 11.6. The highest BCUT2D eigenvalue weighted by Gasteiger charge is 2.17. The Kier molecular flexibility index (Phi) is 4.95. The van der Waals surface area contributed by atoms with Crippen molar-refractivity contribution in [3.8, 4) is 22.6 Å². The Morgan fingerprint density at radius 1 is 0.939 bits per heavy atom. The predicted molar refractivity (Wildman–Crippen MR) is 126 cm³/mol. The van der Waals surface area contributed by atoms with Gasteiger partial charge < -0.3 is 20.0 Å². The summed E-state index contributed by atoms with van der Waals surface area (Å²) in [4.78, 5) is 27.3. The number of benzene rings is 3. The van der Waals surface area contributed by atoms with Crippen LogP contribution in [0, 0.1) is 0 Å². The molecule has 1 amide bonds. The monoisotopic (exact) mass is 456 g/mol. The fourth-order valence-corrected chi connectivity index (χ4v) is 4.15. The van der Waals surface area contributed by atoms with Gasteiger partial charge in [0.05, 0.1) is 33.7 Å². The summed E-state index contributed by atoms with van der Waals surface area (Å²) >= 11 is 6.33. The molecule has 0 radical (unpaired) electrons. The van der Waals surface area contributed by atoms with Crippen molar-refractivity contribution in [3.63, 3.8) is 0 Å². The Hall–Kier alpha value is -4.36. The fourth-order valence-electron chi connectivity index (χ4n) is 3.88. The first kappa shape index (κ1) is 20.5. The van der Waals surface area contributed by atoms with Gasteiger partial charge in [0.15, 0.2) is 0 Å². The van der Waals surface area contributed by atoms with Gasteiger partial charge in [0, 0.05) is 29.2 Å². The summed E-state index contributed by atoms with van der Waals surface area (Å²) in [6.45, 7) is 0. The van der Waals surface area contributed by atoms with Crippen molar-refractivity contribution in [2.24, 2.45) is 5.73 Å². The molecule has 0 aliphatic heterocycles. The summed E-state index contributed by atoms with van der Waals surface area (Å²) in [6.07, 6.45) is 5.30. The van der Waals surface area contributed by atoms with E-state index in [-0.39, 0.29) is 16.1 Å². The molecule has 0 aliphatic carbocycles. The molecule has 3 N–H and O–H groups in total. The molecular formula is C25H17ClN4O3. The van der Waals surface area contributed by atoms with Crippen molar-refractivity contribution >= 4 is 34.4 Å². The second kappa shape index (κ2) is 7.96. The molecule has 2 aromatic heterocycles. The predicted octanol–water partition coefficient (Wildman–Crippen LogP) is 4.93. The molecule has 0 bridgehead atoms. The van der Waals surface area contributed by atoms with Crippen LogP contribution in [0.5, 0.6) is 0 Å². The zero-order valence-electron chi connectivity index (χ0n) is 17.1. The van der Waals surface area contributed by atoms with Gasteiger partial charge in [-0.25, -0.2) is 9.78 Å². The van der Waals surface area contributed by atoms with E-state index in [1.54, 1.807) is 48.9 Å². The first-order valence-electron chi connectivity index (χ1n) is 9.99. The first-order valence-corrected chi connectivity index (χ1v) is 10.4. The molecule has 0 spiro atoms. The zero-order chi connectivity index (χ0) is 23.1. The molecule has 0 atom stereocenters. The zero-order valence-corrected chi connectivity index (χ0v) is 17.9. The molecule has 0 aliphatic rings. The van der Waals surface area contributed by atoms with Gasteiger partial charge in [0.25, 0.3) is 0 Å². The molecule has 162 valence electrons. The van der Waals surface area contributed by atoms with Crippen molar-refractivity contribution in [2.45, 2.75) is 0 Å². The van der Waals surface area contributed by atoms with E-state index in [0.717, 1.165) is 22.3 Å². The van der Waals surface area contributed by atoms with Crippen LogP contribution in [0.2, 0.25) is 5.02 Å². The van der Waals surface area contributed by atoms with Crippen molar-refractivity contribution in [1.29, 1.82) is 0 Å². The molecular weight excluding hydrogens is 440 g/mol. The number of hydrogen-bond acceptors (Lipinski definition) is 3. The lowest BCUT2D eigenvalue weighted by molar-refractivity contribution is 0.0696. The molecule has 5 aromatic rings. The summed E-state index contributed by atoms with van der Waals surface area (Å²) in [5.41, 5.74) is 9.88. The molecule has 3 aromatic carbocycles. The number of hydrogen-bond donors (Lipinski definition) is 2. The standard InChI is InChI=1S/C25H17ClN4O3/c26-21-13-19(7-8-20(21)24(27)31)30-22(11-16-1-2-17(25(32)33)12-23(16)30)15-3-5-18(6-4-15)29-10-9-28-14-29/h1-14H,(H2,27,31)(H,32,33). The summed E-state index contributed by atoms with van der Waals surface area (Å²) in [7, 11) is 0. The number of nitrogens with zero attached hydrogens (tertiary/aromatic N) is 3. The molecule has 2 heterocycles. The number of rotatable bonds is 5. The average molecular weight is 457 g/mol. The van der Waals surface area contributed by atoms with Gasteiger partial charge in [0.1, 0.15) is 0 Å². The van der Waals surface area contributed by atoms with Crippen LogP contribution in [0.1, 0.15) is 20.7 Å². The highest BCUT2D eigenvalue weighted by atomic mass is 35.5. The van der Waals surface area contributed by atoms with E-state index >= 15 is 0 Å². The van der Waals surface area contributed by atoms with E-state index in [1.807, 2.05) is 45.7 Å². The maximum Gasteiger partial charge on any atom is 0.335 e. The number of nitrogens with two attached hydrogens (primary N) is 1. The number of aromatic carboxylic acids is 1. The topological polar surface area (TPSA) is 103 Å². The van der Waals surface area contributed by atoms with Crippen LogP contribution in [0.25, 0.3) is 33.5 Å². The quantitative estimate of drug-likeness (QED) is 0.391. The lowest BCUT2D eigenvalue weighted by Gasteiger charge is -2.13. The largest absolute Gasteiger partial charge is 0.478 e. The Balaban J connectivity index is 1.73. The third-order valence-corrected chi connectivity index (χ3v) is 5.81. The Morgan fingerprint density at radius 3 is 2.33 bits per heavy atom. The number of carboxylic acids is 1. The molecule has 0 unspecified atom stereocenters. The number of imidazole rings is 1. The van der Waals surface area contributed by atoms with Gasteiger partial charge in [-0.1, -0.05) is 29.8 Å². The Labute approximate surface area is 193 Å². The van der Waals surface area contributed by atoms with E-state index in [9.17, 15) is 14.7 Å². The van der Waals surface area contributed by atoms with Crippen LogP contribution in [0.15, 0.2) is 85.5 Å². The second-order valence-corrected chi connectivity index (χ2v) is 7.90. The van der Waals surface area contributed by atoms with E-state index < -0.39 is 11.9 Å². The highest BCUT2D eigenvalue weighted by Crippen LogP contribution is 2.34. The molecule has 0 saturated carbocycles. The minimum atomic E-state index is -1.02. The minimum absolute atomic E-state index is 0.170. The number of carboxylic acid groups (broad SMARTS) is 1. The van der Waals surface area contributed by atoms with Crippen LogP contribution in [-0.4, -0.2) is 31.1 Å². The number of halogens is 1. The fraction of sp³-hybridized carbons (Fsp3) is 0. The molecule has 5 rings (SSSR count). The average Bonchev–Trinajstić information content (AvgIpc) is 3.46. The van der Waals surface area contributed by atoms with E-state index in [2.05, 4.69) is 4.98 Å². The molecule has 7 nitrogen and oxygen atoms in total. The number of fused-ring (bicyclic) bond motifs is 1. The van der Waals surface area contributed by atoms with Gasteiger partial charge in [-0.2, -0.15) is 0 Å². The summed E-state index contributed by atoms with van der Waals surface area (Å²) in [6, 6.07) is 19.8. The number of carbonyl (C=O) groups is 2. The summed E-state index contributed by atoms with van der Waals surface area (Å²) in [5, 5.41) is 10.6. The van der Waals surface area contributed by atoms with Gasteiger partial charge in [-0.3, -0.25) is 4.79 Å². The van der Waals surface area contributed by atoms with Crippen molar-refractivity contribution in [2.75, 3.05) is 0 Å². The lowest BCUT2D eigenvalue weighted by Crippen LogP contribution is -2.11. The normalized spacial score (nSPS) is 11.1. The SMILES string of the molecule is NC(=O)c1ccc(-n2c(-c3ccc(-n4ccnc4)cc3)cc3ccc(C(=O)O)cc32)cc1Cl. The van der Waals surface area contributed by atoms with Crippen LogP contribution in [0.4, 0.5) is 0 Å². The summed E-state index contributed by atoms with van der Waals surface area (Å²) < 4.78 is 3.82. The van der Waals surface area contributed by atoms with Crippen molar-refractivity contribution in [3.05, 3.63) is 102 Å². The van der Waals surface area contributed by atoms with E-state index in [4.69, 9.17) is 17.3 Å². The van der Waals surface area contributed by atoms with Crippen LogP contribution < -0.4 is 5.73 Å². The van der Waals surface area contributed by atoms with Crippen molar-refractivity contribution < 1.29 is 14.7 Å². The first-order chi connectivity index (χ1) is 15.9.